The van der Waals surface area contributed by atoms with E-state index < -0.39 is 23.3 Å². The molecule has 1 aliphatic rings. The highest BCUT2D eigenvalue weighted by Gasteiger charge is 2.27. The van der Waals surface area contributed by atoms with Gasteiger partial charge < -0.3 is 10.2 Å². The third kappa shape index (κ3) is 4.98. The van der Waals surface area contributed by atoms with Gasteiger partial charge in [-0.2, -0.15) is 0 Å². The zero-order valence-corrected chi connectivity index (χ0v) is 14.5. The normalized spacial score (nSPS) is 16.8. The molecule has 2 rings (SSSR count). The van der Waals surface area contributed by atoms with Gasteiger partial charge in [0.25, 0.3) is 11.8 Å². The number of aliphatic imine (C=N–C) groups is 1. The summed E-state index contributed by atoms with van der Waals surface area (Å²) in [5, 5.41) is 4.01. The molecule has 8 nitrogen and oxygen atoms in total. The summed E-state index contributed by atoms with van der Waals surface area (Å²) < 4.78 is 0. The van der Waals surface area contributed by atoms with Crippen LogP contribution in [-0.4, -0.2) is 41.1 Å². The van der Waals surface area contributed by atoms with E-state index in [1.165, 1.54) is 18.1 Å². The Morgan fingerprint density at radius 3 is 2.40 bits per heavy atom. The van der Waals surface area contributed by atoms with Crippen LogP contribution in [0.2, 0.25) is 0 Å². The molecule has 0 bridgehead atoms. The minimum Gasteiger partial charge on any atom is -0.346 e. The fourth-order valence-corrected chi connectivity index (χ4v) is 1.94. The van der Waals surface area contributed by atoms with Crippen LogP contribution >= 0.6 is 0 Å². The van der Waals surface area contributed by atoms with Gasteiger partial charge in [-0.05, 0) is 32.9 Å². The number of nitrogens with one attached hydrogen (secondary N) is 2. The number of hydrazine groups is 1. The molecule has 0 radical (unpaired) electrons. The van der Waals surface area contributed by atoms with Gasteiger partial charge in [-0.15, -0.1) is 0 Å². The second kappa shape index (κ2) is 7.27. The second-order valence-electron chi connectivity index (χ2n) is 6.44. The van der Waals surface area contributed by atoms with Crippen LogP contribution in [-0.2, 0) is 14.4 Å². The molecule has 1 heterocycles. The number of rotatable bonds is 3. The topological polar surface area (TPSA) is 100 Å². The molecule has 1 aromatic rings. The van der Waals surface area contributed by atoms with Crippen molar-refractivity contribution >= 4 is 23.5 Å². The first-order valence-corrected chi connectivity index (χ1v) is 7.60. The van der Waals surface area contributed by atoms with Gasteiger partial charge in [-0.3, -0.25) is 14.6 Å². The van der Waals surface area contributed by atoms with E-state index in [0.717, 1.165) is 0 Å². The van der Waals surface area contributed by atoms with Crippen molar-refractivity contribution in [2.75, 3.05) is 7.05 Å². The van der Waals surface area contributed by atoms with Crippen LogP contribution in [0.15, 0.2) is 47.1 Å². The van der Waals surface area contributed by atoms with Gasteiger partial charge in [0.15, 0.2) is 0 Å². The van der Waals surface area contributed by atoms with Gasteiger partial charge in [0.05, 0.1) is 0 Å². The van der Waals surface area contributed by atoms with Crippen LogP contribution < -0.4 is 10.9 Å². The van der Waals surface area contributed by atoms with E-state index in [1.807, 2.05) is 0 Å². The molecule has 2 N–H and O–H groups in total. The molecule has 0 aliphatic carbocycles. The standard InChI is InChI=1S/C17H20N4O4/c1-17(2,3)19-15(23)12(10-13-16(24)25-20-21(13)4)18-14(22)11-8-6-5-7-9-11/h5-10,20H,1-4H3,(H,19,23)/b13-10-,18-12?. The Hall–Kier alpha value is -3.00. The van der Waals surface area contributed by atoms with Gasteiger partial charge in [-0.1, -0.05) is 23.8 Å². The first-order valence-electron chi connectivity index (χ1n) is 7.60. The molecule has 1 aliphatic heterocycles. The van der Waals surface area contributed by atoms with E-state index in [-0.39, 0.29) is 11.4 Å². The zero-order valence-electron chi connectivity index (χ0n) is 14.5. The number of likely N-dealkylation sites (N-methyl/N-ethyl adjacent to an activating group) is 1. The molecule has 0 unspecified atom stereocenters. The van der Waals surface area contributed by atoms with Crippen LogP contribution in [0.3, 0.4) is 0 Å². The molecular formula is C17H20N4O4. The SMILES string of the molecule is CN1NOC(=O)/C1=C/C(=NC(=O)c1ccccc1)C(=O)NC(C)(C)C. The largest absolute Gasteiger partial charge is 0.376 e. The fourth-order valence-electron chi connectivity index (χ4n) is 1.94. The molecular weight excluding hydrogens is 324 g/mol. The number of amides is 2. The number of carbonyl (C=O) groups excluding carboxylic acids is 3. The molecule has 0 aromatic heterocycles. The number of carbonyl (C=O) groups is 3. The lowest BCUT2D eigenvalue weighted by Gasteiger charge is -2.20. The maximum Gasteiger partial charge on any atom is 0.376 e. The van der Waals surface area contributed by atoms with Gasteiger partial charge in [0.1, 0.15) is 11.4 Å². The number of benzene rings is 1. The van der Waals surface area contributed by atoms with Crippen molar-refractivity contribution in [3.8, 4) is 0 Å². The molecule has 1 aromatic carbocycles. The van der Waals surface area contributed by atoms with Crippen molar-refractivity contribution in [1.29, 1.82) is 0 Å². The van der Waals surface area contributed by atoms with Crippen molar-refractivity contribution in [3.05, 3.63) is 47.7 Å². The maximum atomic E-state index is 12.5. The predicted octanol–water partition coefficient (Wildman–Crippen LogP) is 0.975. The quantitative estimate of drug-likeness (QED) is 0.626. The highest BCUT2D eigenvalue weighted by Crippen LogP contribution is 2.10. The molecule has 2 amide bonds. The summed E-state index contributed by atoms with van der Waals surface area (Å²) in [5.74, 6) is -1.83. The summed E-state index contributed by atoms with van der Waals surface area (Å²) in [6.45, 7) is 5.39. The van der Waals surface area contributed by atoms with Crippen molar-refractivity contribution < 1.29 is 19.2 Å². The third-order valence-corrected chi connectivity index (χ3v) is 3.08. The van der Waals surface area contributed by atoms with E-state index in [4.69, 9.17) is 0 Å². The fraction of sp³-hybridized carbons (Fsp3) is 0.294. The Kier molecular flexibility index (Phi) is 5.33. The van der Waals surface area contributed by atoms with E-state index in [2.05, 4.69) is 20.7 Å². The lowest BCUT2D eigenvalue weighted by molar-refractivity contribution is -0.142. The summed E-state index contributed by atoms with van der Waals surface area (Å²) in [5.41, 5.74) is 2.01. The van der Waals surface area contributed by atoms with E-state index in [0.29, 0.717) is 5.56 Å². The Bertz CT molecular complexity index is 748. The summed E-state index contributed by atoms with van der Waals surface area (Å²) in [6, 6.07) is 8.35. The smallest absolute Gasteiger partial charge is 0.346 e. The van der Waals surface area contributed by atoms with E-state index in [1.54, 1.807) is 51.1 Å². The highest BCUT2D eigenvalue weighted by molar-refractivity contribution is 6.45. The van der Waals surface area contributed by atoms with Gasteiger partial charge in [0, 0.05) is 24.2 Å². The Labute approximate surface area is 145 Å². The van der Waals surface area contributed by atoms with Crippen molar-refractivity contribution in [2.24, 2.45) is 4.99 Å². The Morgan fingerprint density at radius 1 is 1.24 bits per heavy atom. The van der Waals surface area contributed by atoms with Crippen LogP contribution in [0.25, 0.3) is 0 Å². The summed E-state index contributed by atoms with van der Waals surface area (Å²) in [6.07, 6.45) is 1.21. The average Bonchev–Trinajstić information content (AvgIpc) is 2.85. The summed E-state index contributed by atoms with van der Waals surface area (Å²) in [7, 11) is 1.54. The molecule has 0 spiro atoms. The van der Waals surface area contributed by atoms with E-state index in [9.17, 15) is 14.4 Å². The average molecular weight is 344 g/mol. The van der Waals surface area contributed by atoms with Crippen molar-refractivity contribution in [2.45, 2.75) is 26.3 Å². The first kappa shape index (κ1) is 18.3. The zero-order chi connectivity index (χ0) is 18.6. The summed E-state index contributed by atoms with van der Waals surface area (Å²) in [4.78, 5) is 45.1. The van der Waals surface area contributed by atoms with Gasteiger partial charge in [0.2, 0.25) is 0 Å². The Morgan fingerprint density at radius 2 is 1.88 bits per heavy atom. The number of hydrogen-bond acceptors (Lipinski definition) is 6. The van der Waals surface area contributed by atoms with Crippen LogP contribution in [0.4, 0.5) is 0 Å². The van der Waals surface area contributed by atoms with Crippen LogP contribution in [0, 0.1) is 0 Å². The molecule has 1 saturated heterocycles. The number of nitrogens with zero attached hydrogens (tertiary/aromatic N) is 2. The van der Waals surface area contributed by atoms with Gasteiger partial charge >= 0.3 is 5.97 Å². The summed E-state index contributed by atoms with van der Waals surface area (Å²) >= 11 is 0. The predicted molar refractivity (Wildman–Crippen MR) is 91.2 cm³/mol. The van der Waals surface area contributed by atoms with E-state index >= 15 is 0 Å². The molecule has 1 fully saturated rings. The molecule has 0 saturated carbocycles. The third-order valence-electron chi connectivity index (χ3n) is 3.08. The molecule has 0 atom stereocenters. The molecule has 8 heteroatoms. The highest BCUT2D eigenvalue weighted by atomic mass is 16.7. The minimum atomic E-state index is -0.675. The lowest BCUT2D eigenvalue weighted by atomic mass is 10.1. The minimum absolute atomic E-state index is 0.0590. The first-order chi connectivity index (χ1) is 11.7. The number of hydrogen-bond donors (Lipinski definition) is 2. The van der Waals surface area contributed by atoms with Crippen LogP contribution in [0.1, 0.15) is 31.1 Å². The Balaban J connectivity index is 2.40. The van der Waals surface area contributed by atoms with Gasteiger partial charge in [-0.25, -0.2) is 9.79 Å². The second-order valence-corrected chi connectivity index (χ2v) is 6.44. The molecule has 132 valence electrons. The van der Waals surface area contributed by atoms with Crippen molar-refractivity contribution in [3.63, 3.8) is 0 Å². The van der Waals surface area contributed by atoms with Crippen molar-refractivity contribution in [1.82, 2.24) is 15.9 Å². The lowest BCUT2D eigenvalue weighted by Crippen LogP contribution is -2.44. The van der Waals surface area contributed by atoms with Crippen LogP contribution in [0.5, 0.6) is 0 Å². The molecule has 25 heavy (non-hydrogen) atoms. The monoisotopic (exact) mass is 344 g/mol. The maximum absolute atomic E-state index is 12.5.